The lowest BCUT2D eigenvalue weighted by Gasteiger charge is -2.28. The van der Waals surface area contributed by atoms with Crippen LogP contribution < -0.4 is 10.5 Å². The highest BCUT2D eigenvalue weighted by molar-refractivity contribution is 7.98. The first kappa shape index (κ1) is 19.1. The van der Waals surface area contributed by atoms with Crippen molar-refractivity contribution in [2.75, 3.05) is 12.8 Å². The van der Waals surface area contributed by atoms with Crippen LogP contribution in [0, 0.1) is 0 Å². The van der Waals surface area contributed by atoms with Crippen molar-refractivity contribution in [2.45, 2.75) is 41.0 Å². The zero-order valence-electron chi connectivity index (χ0n) is 11.8. The summed E-state index contributed by atoms with van der Waals surface area (Å²) in [6.07, 6.45) is 5.49. The average Bonchev–Trinajstić information content (AvgIpc) is 2.87. The zero-order chi connectivity index (χ0) is 14.8. The Kier molecular flexibility index (Phi) is 6.83. The number of rotatable bonds is 5. The SMILES string of the molecule is CSc1ccc(S(=O)(=O)NC2(CN)CCCC2)cc1Cl.Cl. The van der Waals surface area contributed by atoms with Crippen LogP contribution in [-0.4, -0.2) is 26.8 Å². The Bertz CT molecular complexity index is 588. The highest BCUT2D eigenvalue weighted by Crippen LogP contribution is 2.32. The minimum Gasteiger partial charge on any atom is -0.329 e. The van der Waals surface area contributed by atoms with Gasteiger partial charge in [0.25, 0.3) is 0 Å². The van der Waals surface area contributed by atoms with Gasteiger partial charge in [-0.05, 0) is 37.3 Å². The number of halogens is 2. The minimum atomic E-state index is -3.59. The molecular weight excluding hydrogens is 351 g/mol. The molecule has 1 aromatic rings. The van der Waals surface area contributed by atoms with E-state index >= 15 is 0 Å². The number of thioether (sulfide) groups is 1. The minimum absolute atomic E-state index is 0. The van der Waals surface area contributed by atoms with E-state index in [1.165, 1.54) is 17.8 Å². The number of hydrogen-bond donors (Lipinski definition) is 2. The van der Waals surface area contributed by atoms with Gasteiger partial charge >= 0.3 is 0 Å². The largest absolute Gasteiger partial charge is 0.329 e. The standard InChI is InChI=1S/C13H19ClN2O2S2.ClH/c1-19-12-5-4-10(8-11(12)14)20(17,18)16-13(9-15)6-2-3-7-13;/h4-5,8,16H,2-3,6-7,9,15H2,1H3;1H. The van der Waals surface area contributed by atoms with Gasteiger partial charge in [-0.3, -0.25) is 0 Å². The van der Waals surface area contributed by atoms with Gasteiger partial charge in [0.2, 0.25) is 10.0 Å². The van der Waals surface area contributed by atoms with E-state index in [9.17, 15) is 8.42 Å². The molecule has 1 saturated carbocycles. The smallest absolute Gasteiger partial charge is 0.241 e. The molecule has 21 heavy (non-hydrogen) atoms. The van der Waals surface area contributed by atoms with Crippen molar-refractivity contribution in [1.82, 2.24) is 4.72 Å². The van der Waals surface area contributed by atoms with E-state index in [2.05, 4.69) is 4.72 Å². The quantitative estimate of drug-likeness (QED) is 0.781. The molecule has 0 bridgehead atoms. The van der Waals surface area contributed by atoms with Crippen LogP contribution >= 0.6 is 35.8 Å². The van der Waals surface area contributed by atoms with Gasteiger partial charge in [0.15, 0.2) is 0 Å². The van der Waals surface area contributed by atoms with Gasteiger partial charge in [-0.2, -0.15) is 0 Å². The van der Waals surface area contributed by atoms with Crippen molar-refractivity contribution >= 4 is 45.8 Å². The predicted molar refractivity (Wildman–Crippen MR) is 91.1 cm³/mol. The molecule has 0 heterocycles. The molecule has 120 valence electrons. The normalized spacial score (nSPS) is 17.5. The Morgan fingerprint density at radius 2 is 2.00 bits per heavy atom. The van der Waals surface area contributed by atoms with Crippen molar-refractivity contribution in [1.29, 1.82) is 0 Å². The summed E-state index contributed by atoms with van der Waals surface area (Å²) in [4.78, 5) is 1.06. The Morgan fingerprint density at radius 1 is 1.38 bits per heavy atom. The fraction of sp³-hybridized carbons (Fsp3) is 0.538. The Balaban J connectivity index is 0.00000220. The van der Waals surface area contributed by atoms with Crippen LogP contribution in [0.4, 0.5) is 0 Å². The fourth-order valence-corrected chi connectivity index (χ4v) is 4.99. The summed E-state index contributed by atoms with van der Waals surface area (Å²) in [5, 5.41) is 0.452. The van der Waals surface area contributed by atoms with Crippen LogP contribution in [0.3, 0.4) is 0 Å². The first-order valence-corrected chi connectivity index (χ1v) is 9.59. The Morgan fingerprint density at radius 3 is 2.48 bits per heavy atom. The van der Waals surface area contributed by atoms with Crippen molar-refractivity contribution < 1.29 is 8.42 Å². The van der Waals surface area contributed by atoms with Gasteiger partial charge in [-0.25, -0.2) is 13.1 Å². The monoisotopic (exact) mass is 370 g/mol. The maximum atomic E-state index is 12.5. The fourth-order valence-electron chi connectivity index (χ4n) is 2.56. The number of benzene rings is 1. The van der Waals surface area contributed by atoms with Crippen LogP contribution in [0.15, 0.2) is 28.0 Å². The second kappa shape index (κ2) is 7.53. The highest BCUT2D eigenvalue weighted by atomic mass is 35.5. The third kappa shape index (κ3) is 4.27. The van der Waals surface area contributed by atoms with Gasteiger partial charge in [0.1, 0.15) is 0 Å². The molecule has 1 fully saturated rings. The zero-order valence-corrected chi connectivity index (χ0v) is 15.0. The van der Waals surface area contributed by atoms with Crippen LogP contribution in [-0.2, 0) is 10.0 Å². The summed E-state index contributed by atoms with van der Waals surface area (Å²) in [6.45, 7) is 0.322. The van der Waals surface area contributed by atoms with E-state index in [0.717, 1.165) is 30.6 Å². The molecule has 1 aliphatic rings. The van der Waals surface area contributed by atoms with Crippen LogP contribution in [0.2, 0.25) is 5.02 Å². The van der Waals surface area contributed by atoms with Gasteiger partial charge in [-0.1, -0.05) is 24.4 Å². The summed E-state index contributed by atoms with van der Waals surface area (Å²) in [6, 6.07) is 4.80. The van der Waals surface area contributed by atoms with E-state index in [0.29, 0.717) is 11.6 Å². The van der Waals surface area contributed by atoms with Crippen LogP contribution in [0.1, 0.15) is 25.7 Å². The molecule has 0 unspecified atom stereocenters. The Labute approximate surface area is 141 Å². The molecular formula is C13H20Cl2N2O2S2. The third-order valence-electron chi connectivity index (χ3n) is 3.74. The van der Waals surface area contributed by atoms with Gasteiger partial charge in [-0.15, -0.1) is 24.2 Å². The molecule has 0 radical (unpaired) electrons. The number of nitrogens with two attached hydrogens (primary N) is 1. The second-order valence-corrected chi connectivity index (χ2v) is 8.03. The molecule has 0 saturated heterocycles. The molecule has 1 aromatic carbocycles. The lowest BCUT2D eigenvalue weighted by atomic mass is 10.0. The van der Waals surface area contributed by atoms with Gasteiger partial charge < -0.3 is 5.73 Å². The molecule has 0 aliphatic heterocycles. The molecule has 3 N–H and O–H groups in total. The number of sulfonamides is 1. The van der Waals surface area contributed by atoms with Gasteiger partial charge in [0, 0.05) is 17.0 Å². The molecule has 0 atom stereocenters. The van der Waals surface area contributed by atoms with E-state index < -0.39 is 15.6 Å². The van der Waals surface area contributed by atoms with Crippen LogP contribution in [0.25, 0.3) is 0 Å². The summed E-state index contributed by atoms with van der Waals surface area (Å²) >= 11 is 7.57. The predicted octanol–water partition coefficient (Wildman–Crippen LogP) is 3.03. The summed E-state index contributed by atoms with van der Waals surface area (Å²) in [7, 11) is -3.59. The highest BCUT2D eigenvalue weighted by Gasteiger charge is 2.36. The van der Waals surface area contributed by atoms with Crippen molar-refractivity contribution in [3.63, 3.8) is 0 Å². The number of nitrogens with one attached hydrogen (secondary N) is 1. The lowest BCUT2D eigenvalue weighted by molar-refractivity contribution is 0.399. The van der Waals surface area contributed by atoms with Crippen molar-refractivity contribution in [3.05, 3.63) is 23.2 Å². The van der Waals surface area contributed by atoms with E-state index in [-0.39, 0.29) is 17.3 Å². The molecule has 0 spiro atoms. The molecule has 8 heteroatoms. The molecule has 0 aromatic heterocycles. The first-order valence-electron chi connectivity index (χ1n) is 6.50. The Hall–Kier alpha value is 0.0200. The first-order chi connectivity index (χ1) is 9.42. The topological polar surface area (TPSA) is 72.2 Å². The molecule has 0 amide bonds. The maximum Gasteiger partial charge on any atom is 0.241 e. The average molecular weight is 371 g/mol. The lowest BCUT2D eigenvalue weighted by Crippen LogP contribution is -2.51. The van der Waals surface area contributed by atoms with E-state index in [4.69, 9.17) is 17.3 Å². The van der Waals surface area contributed by atoms with Crippen molar-refractivity contribution in [2.24, 2.45) is 5.73 Å². The van der Waals surface area contributed by atoms with E-state index in [1.54, 1.807) is 12.1 Å². The molecule has 4 nitrogen and oxygen atoms in total. The van der Waals surface area contributed by atoms with E-state index in [1.807, 2.05) is 6.26 Å². The summed E-state index contributed by atoms with van der Waals surface area (Å²) in [5.41, 5.74) is 5.28. The summed E-state index contributed by atoms with van der Waals surface area (Å²) in [5.74, 6) is 0. The molecule has 2 rings (SSSR count). The maximum absolute atomic E-state index is 12.5. The van der Waals surface area contributed by atoms with Crippen LogP contribution in [0.5, 0.6) is 0 Å². The third-order valence-corrected chi connectivity index (χ3v) is 6.53. The molecule has 1 aliphatic carbocycles. The van der Waals surface area contributed by atoms with Gasteiger partial charge in [0.05, 0.1) is 9.92 Å². The number of hydrogen-bond acceptors (Lipinski definition) is 4. The van der Waals surface area contributed by atoms with Crippen molar-refractivity contribution in [3.8, 4) is 0 Å². The summed E-state index contributed by atoms with van der Waals surface area (Å²) < 4.78 is 27.7. The second-order valence-electron chi connectivity index (χ2n) is 5.09.